The van der Waals surface area contributed by atoms with E-state index in [1.54, 1.807) is 6.33 Å². The summed E-state index contributed by atoms with van der Waals surface area (Å²) in [5, 5.41) is 9.18. The van der Waals surface area contributed by atoms with Gasteiger partial charge in [-0.05, 0) is 12.8 Å². The zero-order valence-electron chi connectivity index (χ0n) is 8.70. The van der Waals surface area contributed by atoms with E-state index in [2.05, 4.69) is 9.97 Å². The van der Waals surface area contributed by atoms with Crippen molar-refractivity contribution in [1.82, 2.24) is 19.3 Å². The number of hydrogen-bond donors (Lipinski definition) is 1. The third-order valence-electron chi connectivity index (χ3n) is 3.19. The third-order valence-corrected chi connectivity index (χ3v) is 3.19. The number of hydrogen-bond acceptors (Lipinski definition) is 4. The van der Waals surface area contributed by atoms with Gasteiger partial charge >= 0.3 is 5.56 Å². The van der Waals surface area contributed by atoms with E-state index in [0.717, 1.165) is 19.2 Å². The van der Waals surface area contributed by atoms with E-state index in [1.165, 1.54) is 12.8 Å². The number of imidazole rings is 1. The Labute approximate surface area is 91.1 Å². The molecule has 1 aliphatic carbocycles. The Bertz CT molecular complexity index is 580. The van der Waals surface area contributed by atoms with Gasteiger partial charge in [-0.25, -0.2) is 9.97 Å². The highest BCUT2D eigenvalue weighted by atomic mass is 16.5. The van der Waals surface area contributed by atoms with E-state index in [9.17, 15) is 10.0 Å². The molecule has 84 valence electrons. The first kappa shape index (κ1) is 9.38. The molecule has 16 heavy (non-hydrogen) atoms. The van der Waals surface area contributed by atoms with Crippen LogP contribution in [0.4, 0.5) is 0 Å². The summed E-state index contributed by atoms with van der Waals surface area (Å²) in [5.74, 6) is 0. The molecule has 0 aliphatic heterocycles. The number of rotatable bonds is 1. The second-order valence-electron chi connectivity index (χ2n) is 4.16. The van der Waals surface area contributed by atoms with Crippen LogP contribution in [0.25, 0.3) is 11.2 Å². The van der Waals surface area contributed by atoms with Gasteiger partial charge in [0.15, 0.2) is 11.2 Å². The van der Waals surface area contributed by atoms with Crippen molar-refractivity contribution in [3.05, 3.63) is 23.0 Å². The van der Waals surface area contributed by atoms with Crippen molar-refractivity contribution < 1.29 is 5.21 Å². The van der Waals surface area contributed by atoms with Crippen LogP contribution in [0.2, 0.25) is 0 Å². The van der Waals surface area contributed by atoms with E-state index in [1.807, 2.05) is 4.57 Å². The highest BCUT2D eigenvalue weighted by molar-refractivity contribution is 5.69. The van der Waals surface area contributed by atoms with Crippen molar-refractivity contribution in [3.8, 4) is 0 Å². The highest BCUT2D eigenvalue weighted by Crippen LogP contribution is 2.30. The molecule has 6 heteroatoms. The van der Waals surface area contributed by atoms with Crippen molar-refractivity contribution in [2.75, 3.05) is 0 Å². The summed E-state index contributed by atoms with van der Waals surface area (Å²) < 4.78 is 2.41. The van der Waals surface area contributed by atoms with Crippen LogP contribution < -0.4 is 5.56 Å². The predicted molar refractivity (Wildman–Crippen MR) is 56.5 cm³/mol. The van der Waals surface area contributed by atoms with Crippen LogP contribution in [0.3, 0.4) is 0 Å². The van der Waals surface area contributed by atoms with Crippen LogP contribution in [-0.2, 0) is 0 Å². The first-order valence-corrected chi connectivity index (χ1v) is 5.41. The molecule has 0 aromatic carbocycles. The zero-order chi connectivity index (χ0) is 11.1. The molecule has 0 bridgehead atoms. The predicted octanol–water partition coefficient (Wildman–Crippen LogP) is 0.945. The standard InChI is InChI=1S/C10H12N4O2/c15-10-8-9(12-6-14(10)16)13(5-11-8)7-3-1-2-4-7/h5-7,16H,1-4H2. The van der Waals surface area contributed by atoms with Gasteiger partial charge in [-0.2, -0.15) is 0 Å². The largest absolute Gasteiger partial charge is 0.424 e. The molecule has 1 saturated carbocycles. The Morgan fingerprint density at radius 1 is 1.25 bits per heavy atom. The minimum atomic E-state index is -0.512. The van der Waals surface area contributed by atoms with Gasteiger partial charge < -0.3 is 9.77 Å². The van der Waals surface area contributed by atoms with Gasteiger partial charge in [0.1, 0.15) is 6.33 Å². The lowest BCUT2D eigenvalue weighted by atomic mass is 10.2. The van der Waals surface area contributed by atoms with Gasteiger partial charge in [-0.3, -0.25) is 4.79 Å². The summed E-state index contributed by atoms with van der Waals surface area (Å²) in [6, 6.07) is 0.395. The SMILES string of the molecule is O=c1c2ncn(C3CCCC3)c2ncn1O. The van der Waals surface area contributed by atoms with Crippen LogP contribution in [0.5, 0.6) is 0 Å². The van der Waals surface area contributed by atoms with Crippen LogP contribution in [0.15, 0.2) is 17.4 Å². The molecule has 0 unspecified atom stereocenters. The number of fused-ring (bicyclic) bond motifs is 1. The quantitative estimate of drug-likeness (QED) is 0.726. The van der Waals surface area contributed by atoms with E-state index in [-0.39, 0.29) is 5.52 Å². The van der Waals surface area contributed by atoms with Gasteiger partial charge in [0.2, 0.25) is 0 Å². The minimum Gasteiger partial charge on any atom is -0.424 e. The van der Waals surface area contributed by atoms with Crippen LogP contribution >= 0.6 is 0 Å². The molecule has 0 atom stereocenters. The van der Waals surface area contributed by atoms with Crippen molar-refractivity contribution in [2.24, 2.45) is 0 Å². The first-order valence-electron chi connectivity index (χ1n) is 5.41. The molecule has 1 N–H and O–H groups in total. The smallest absolute Gasteiger partial charge is 0.314 e. The molecule has 0 radical (unpaired) electrons. The summed E-state index contributed by atoms with van der Waals surface area (Å²) >= 11 is 0. The van der Waals surface area contributed by atoms with Crippen molar-refractivity contribution in [1.29, 1.82) is 0 Å². The molecule has 1 fully saturated rings. The molecule has 2 aromatic heterocycles. The summed E-state index contributed by atoms with van der Waals surface area (Å²) in [4.78, 5) is 19.6. The second kappa shape index (κ2) is 3.33. The Hall–Kier alpha value is -1.85. The second-order valence-corrected chi connectivity index (χ2v) is 4.16. The van der Waals surface area contributed by atoms with E-state index >= 15 is 0 Å². The summed E-state index contributed by atoms with van der Waals surface area (Å²) in [6.45, 7) is 0. The Morgan fingerprint density at radius 2 is 2.00 bits per heavy atom. The van der Waals surface area contributed by atoms with Gasteiger partial charge in [-0.15, -0.1) is 4.73 Å². The van der Waals surface area contributed by atoms with Crippen molar-refractivity contribution >= 4 is 11.2 Å². The molecule has 2 aromatic rings. The van der Waals surface area contributed by atoms with Gasteiger partial charge in [0, 0.05) is 6.04 Å². The highest BCUT2D eigenvalue weighted by Gasteiger charge is 2.20. The topological polar surface area (TPSA) is 72.9 Å². The molecule has 1 aliphatic rings. The minimum absolute atomic E-state index is 0.233. The van der Waals surface area contributed by atoms with Crippen LogP contribution in [0.1, 0.15) is 31.7 Å². The maximum atomic E-state index is 11.6. The maximum Gasteiger partial charge on any atom is 0.314 e. The average molecular weight is 220 g/mol. The fraction of sp³-hybridized carbons (Fsp3) is 0.500. The van der Waals surface area contributed by atoms with Crippen LogP contribution in [-0.4, -0.2) is 24.5 Å². The lowest BCUT2D eigenvalue weighted by molar-refractivity contribution is 0.173. The van der Waals surface area contributed by atoms with Gasteiger partial charge in [0.25, 0.3) is 0 Å². The summed E-state index contributed by atoms with van der Waals surface area (Å²) in [5.41, 5.74) is 0.292. The lowest BCUT2D eigenvalue weighted by Gasteiger charge is -2.10. The third kappa shape index (κ3) is 1.22. The zero-order valence-corrected chi connectivity index (χ0v) is 8.70. The summed E-state index contributed by atoms with van der Waals surface area (Å²) in [6.07, 6.45) is 7.40. The molecule has 0 spiro atoms. The van der Waals surface area contributed by atoms with Crippen molar-refractivity contribution in [3.63, 3.8) is 0 Å². The first-order chi connectivity index (χ1) is 7.77. The Kier molecular flexibility index (Phi) is 1.95. The van der Waals surface area contributed by atoms with Crippen LogP contribution in [0, 0.1) is 0 Å². The maximum absolute atomic E-state index is 11.6. The normalized spacial score (nSPS) is 17.2. The summed E-state index contributed by atoms with van der Waals surface area (Å²) in [7, 11) is 0. The molecular weight excluding hydrogens is 208 g/mol. The van der Waals surface area contributed by atoms with Gasteiger partial charge in [0.05, 0.1) is 6.33 Å². The monoisotopic (exact) mass is 220 g/mol. The molecule has 0 saturated heterocycles. The molecular formula is C10H12N4O2. The van der Waals surface area contributed by atoms with E-state index in [4.69, 9.17) is 0 Å². The van der Waals surface area contributed by atoms with Gasteiger partial charge in [-0.1, -0.05) is 12.8 Å². The van der Waals surface area contributed by atoms with Crippen molar-refractivity contribution in [2.45, 2.75) is 31.7 Å². The lowest BCUT2D eigenvalue weighted by Crippen LogP contribution is -2.18. The fourth-order valence-electron chi connectivity index (χ4n) is 2.35. The molecule has 0 amide bonds. The average Bonchev–Trinajstić information content (AvgIpc) is 2.91. The number of aromatic nitrogens is 4. The molecule has 2 heterocycles. The van der Waals surface area contributed by atoms with E-state index in [0.29, 0.717) is 16.4 Å². The Balaban J connectivity index is 2.20. The Morgan fingerprint density at radius 3 is 2.75 bits per heavy atom. The molecule has 6 nitrogen and oxygen atoms in total. The molecule has 3 rings (SSSR count). The fourth-order valence-corrected chi connectivity index (χ4v) is 2.35. The van der Waals surface area contributed by atoms with E-state index < -0.39 is 5.56 Å². The number of nitrogens with zero attached hydrogens (tertiary/aromatic N) is 4.